The summed E-state index contributed by atoms with van der Waals surface area (Å²) in [5.41, 5.74) is 0.807. The predicted octanol–water partition coefficient (Wildman–Crippen LogP) is 0.417. The van der Waals surface area contributed by atoms with Gasteiger partial charge in [-0.15, -0.1) is 0 Å². The Morgan fingerprint density at radius 3 is 3.13 bits per heavy atom. The lowest BCUT2D eigenvalue weighted by Crippen LogP contribution is -2.23. The van der Waals surface area contributed by atoms with Gasteiger partial charge in [-0.2, -0.15) is 0 Å². The molecule has 0 aromatic carbocycles. The Balaban J connectivity index is 2.28. The molecular weight excluding hydrogens is 196 g/mol. The van der Waals surface area contributed by atoms with Crippen LogP contribution in [0.4, 0.5) is 5.69 Å². The molecule has 0 aliphatic rings. The van der Waals surface area contributed by atoms with Crippen molar-refractivity contribution in [2.24, 2.45) is 0 Å². The van der Waals surface area contributed by atoms with Crippen LogP contribution in [-0.4, -0.2) is 35.8 Å². The Labute approximate surface area is 88.1 Å². The maximum Gasteiger partial charge on any atom is 0.308 e. The van der Waals surface area contributed by atoms with E-state index in [1.165, 1.54) is 7.11 Å². The van der Waals surface area contributed by atoms with Crippen molar-refractivity contribution in [3.63, 3.8) is 0 Å². The average Bonchev–Trinajstić information content (AvgIpc) is 2.27. The molecule has 0 radical (unpaired) electrons. The van der Waals surface area contributed by atoms with Crippen LogP contribution in [0.2, 0.25) is 0 Å². The number of hydrogen-bond acceptors (Lipinski definition) is 5. The molecule has 15 heavy (non-hydrogen) atoms. The van der Waals surface area contributed by atoms with Gasteiger partial charge in [0, 0.05) is 18.9 Å². The van der Waals surface area contributed by atoms with Crippen LogP contribution in [0.3, 0.4) is 0 Å². The highest BCUT2D eigenvalue weighted by atomic mass is 16.5. The van der Waals surface area contributed by atoms with Crippen molar-refractivity contribution in [1.82, 2.24) is 4.98 Å². The van der Waals surface area contributed by atoms with E-state index in [2.05, 4.69) is 15.0 Å². The maximum absolute atomic E-state index is 10.8. The molecule has 0 aliphatic heterocycles. The third-order valence-corrected chi connectivity index (χ3v) is 1.83. The first-order valence-corrected chi connectivity index (χ1v) is 4.61. The molecule has 5 heteroatoms. The van der Waals surface area contributed by atoms with Crippen molar-refractivity contribution in [2.75, 3.05) is 19.0 Å². The number of esters is 1. The zero-order chi connectivity index (χ0) is 11.1. The molecule has 0 fully saturated rings. The van der Waals surface area contributed by atoms with Gasteiger partial charge in [0.25, 0.3) is 0 Å². The van der Waals surface area contributed by atoms with Gasteiger partial charge in [-0.25, -0.2) is 0 Å². The number of carbonyl (C=O) groups excluding carboxylic acids is 1. The molecule has 1 aromatic heterocycles. The number of carbonyl (C=O) groups is 1. The molecule has 1 unspecified atom stereocenters. The summed E-state index contributed by atoms with van der Waals surface area (Å²) in [6, 6.07) is 3.62. The Hall–Kier alpha value is -1.62. The van der Waals surface area contributed by atoms with Gasteiger partial charge in [0.05, 0.1) is 25.3 Å². The average molecular weight is 210 g/mol. The Bertz CT molecular complexity index is 303. The molecule has 0 spiro atoms. The summed E-state index contributed by atoms with van der Waals surface area (Å²) < 4.78 is 4.43. The number of nitrogens with zero attached hydrogens (tertiary/aromatic N) is 1. The fourth-order valence-electron chi connectivity index (χ4n) is 1.05. The van der Waals surface area contributed by atoms with Crippen molar-refractivity contribution in [2.45, 2.75) is 12.5 Å². The fourth-order valence-corrected chi connectivity index (χ4v) is 1.05. The number of hydrogen-bond donors (Lipinski definition) is 2. The summed E-state index contributed by atoms with van der Waals surface area (Å²) in [7, 11) is 1.30. The van der Waals surface area contributed by atoms with E-state index in [9.17, 15) is 9.90 Å². The molecule has 82 valence electrons. The third kappa shape index (κ3) is 4.42. The highest BCUT2D eigenvalue weighted by Gasteiger charge is 2.10. The first kappa shape index (κ1) is 11.5. The first-order chi connectivity index (χ1) is 7.22. The molecule has 0 amide bonds. The topological polar surface area (TPSA) is 71.5 Å². The van der Waals surface area contributed by atoms with Gasteiger partial charge in [0.15, 0.2) is 0 Å². The van der Waals surface area contributed by atoms with Gasteiger partial charge in [-0.05, 0) is 12.1 Å². The molecule has 0 saturated carbocycles. The number of rotatable bonds is 5. The van der Waals surface area contributed by atoms with Crippen LogP contribution in [0.15, 0.2) is 24.5 Å². The second-order valence-electron chi connectivity index (χ2n) is 3.06. The maximum atomic E-state index is 10.8. The van der Waals surface area contributed by atoms with Gasteiger partial charge in [0.2, 0.25) is 0 Å². The first-order valence-electron chi connectivity index (χ1n) is 4.61. The number of nitrogens with one attached hydrogen (secondary N) is 1. The lowest BCUT2D eigenvalue weighted by Gasteiger charge is -2.10. The van der Waals surface area contributed by atoms with E-state index < -0.39 is 12.1 Å². The van der Waals surface area contributed by atoms with Crippen LogP contribution >= 0.6 is 0 Å². The molecule has 1 rings (SSSR count). The van der Waals surface area contributed by atoms with Gasteiger partial charge >= 0.3 is 5.97 Å². The summed E-state index contributed by atoms with van der Waals surface area (Å²) in [6.45, 7) is 0.292. The highest BCUT2D eigenvalue weighted by Crippen LogP contribution is 2.03. The van der Waals surface area contributed by atoms with E-state index in [0.717, 1.165) is 5.69 Å². The Morgan fingerprint density at radius 1 is 1.73 bits per heavy atom. The number of anilines is 1. The van der Waals surface area contributed by atoms with Crippen LogP contribution in [0, 0.1) is 0 Å². The van der Waals surface area contributed by atoms with Crippen LogP contribution in [0.1, 0.15) is 6.42 Å². The summed E-state index contributed by atoms with van der Waals surface area (Å²) in [4.78, 5) is 14.7. The minimum Gasteiger partial charge on any atom is -0.469 e. The van der Waals surface area contributed by atoms with Gasteiger partial charge < -0.3 is 15.2 Å². The number of aliphatic hydroxyl groups is 1. The Morgan fingerprint density at radius 2 is 2.53 bits per heavy atom. The molecular formula is C10H14N2O3. The van der Waals surface area contributed by atoms with E-state index in [1.807, 2.05) is 6.07 Å². The molecule has 0 saturated heterocycles. The Kier molecular flexibility index (Phi) is 4.56. The molecule has 1 aromatic rings. The number of pyridine rings is 1. The van der Waals surface area contributed by atoms with Crippen LogP contribution in [0.5, 0.6) is 0 Å². The van der Waals surface area contributed by atoms with E-state index in [0.29, 0.717) is 6.54 Å². The summed E-state index contributed by atoms with van der Waals surface area (Å²) in [5.74, 6) is -0.421. The second kappa shape index (κ2) is 5.98. The van der Waals surface area contributed by atoms with Gasteiger partial charge in [0.1, 0.15) is 0 Å². The molecule has 1 heterocycles. The van der Waals surface area contributed by atoms with Crippen molar-refractivity contribution in [3.05, 3.63) is 24.5 Å². The van der Waals surface area contributed by atoms with Crippen LogP contribution in [0.25, 0.3) is 0 Å². The lowest BCUT2D eigenvalue weighted by molar-refractivity contribution is -0.142. The smallest absolute Gasteiger partial charge is 0.308 e. The molecule has 0 aliphatic carbocycles. The molecule has 2 N–H and O–H groups in total. The van der Waals surface area contributed by atoms with Crippen molar-refractivity contribution < 1.29 is 14.6 Å². The normalized spacial score (nSPS) is 11.9. The summed E-state index contributed by atoms with van der Waals surface area (Å²) >= 11 is 0. The van der Waals surface area contributed by atoms with Crippen molar-refractivity contribution >= 4 is 11.7 Å². The summed E-state index contributed by atoms with van der Waals surface area (Å²) in [5, 5.41) is 12.4. The summed E-state index contributed by atoms with van der Waals surface area (Å²) in [6.07, 6.45) is 2.54. The lowest BCUT2D eigenvalue weighted by atomic mass is 10.2. The zero-order valence-electron chi connectivity index (χ0n) is 8.51. The van der Waals surface area contributed by atoms with Gasteiger partial charge in [-0.1, -0.05) is 0 Å². The number of ether oxygens (including phenoxy) is 1. The predicted molar refractivity (Wildman–Crippen MR) is 55.4 cm³/mol. The van der Waals surface area contributed by atoms with Gasteiger partial charge in [-0.3, -0.25) is 9.78 Å². The standard InChI is InChI=1S/C10H14N2O3/c1-15-10(14)5-9(13)7-12-8-3-2-4-11-6-8/h2-4,6,9,12-13H,5,7H2,1H3. The zero-order valence-corrected chi connectivity index (χ0v) is 8.51. The quantitative estimate of drug-likeness (QED) is 0.689. The molecule has 5 nitrogen and oxygen atoms in total. The van der Waals surface area contributed by atoms with E-state index in [4.69, 9.17) is 0 Å². The van der Waals surface area contributed by atoms with Crippen LogP contribution in [-0.2, 0) is 9.53 Å². The van der Waals surface area contributed by atoms with Crippen LogP contribution < -0.4 is 5.32 Å². The molecule has 0 bridgehead atoms. The van der Waals surface area contributed by atoms with Crippen molar-refractivity contribution in [3.8, 4) is 0 Å². The van der Waals surface area contributed by atoms with Crippen molar-refractivity contribution in [1.29, 1.82) is 0 Å². The third-order valence-electron chi connectivity index (χ3n) is 1.83. The minimum atomic E-state index is -0.752. The van der Waals surface area contributed by atoms with E-state index in [1.54, 1.807) is 18.5 Å². The minimum absolute atomic E-state index is 0.0102. The number of aromatic nitrogens is 1. The molecule has 1 atom stereocenters. The highest BCUT2D eigenvalue weighted by molar-refractivity contribution is 5.69. The largest absolute Gasteiger partial charge is 0.469 e. The monoisotopic (exact) mass is 210 g/mol. The SMILES string of the molecule is COC(=O)CC(O)CNc1cccnc1. The second-order valence-corrected chi connectivity index (χ2v) is 3.06. The van der Waals surface area contributed by atoms with E-state index in [-0.39, 0.29) is 6.42 Å². The number of aliphatic hydroxyl groups excluding tert-OH is 1. The number of methoxy groups -OCH3 is 1. The fraction of sp³-hybridized carbons (Fsp3) is 0.400. The van der Waals surface area contributed by atoms with E-state index >= 15 is 0 Å².